The Bertz CT molecular complexity index is 572. The highest BCUT2D eigenvalue weighted by atomic mass is 16.4. The summed E-state index contributed by atoms with van der Waals surface area (Å²) in [6, 6.07) is 7.05. The van der Waals surface area contributed by atoms with Crippen LogP contribution in [0.5, 0.6) is 0 Å². The van der Waals surface area contributed by atoms with Crippen LogP contribution in [0.1, 0.15) is 30.4 Å². The van der Waals surface area contributed by atoms with Crippen molar-refractivity contribution in [3.63, 3.8) is 0 Å². The van der Waals surface area contributed by atoms with Gasteiger partial charge in [-0.15, -0.1) is 0 Å². The lowest BCUT2D eigenvalue weighted by Gasteiger charge is -2.36. The average molecular weight is 288 g/mol. The van der Waals surface area contributed by atoms with Gasteiger partial charge in [0.2, 0.25) is 5.91 Å². The van der Waals surface area contributed by atoms with E-state index in [1.54, 1.807) is 0 Å². The average Bonchev–Trinajstić information content (AvgIpc) is 2.91. The molecule has 0 saturated heterocycles. The number of carboxylic acid groups (broad SMARTS) is 1. The van der Waals surface area contributed by atoms with Gasteiger partial charge in [-0.2, -0.15) is 0 Å². The summed E-state index contributed by atoms with van der Waals surface area (Å²) in [7, 11) is 0. The molecule has 3 rings (SSSR count). The van der Waals surface area contributed by atoms with Crippen LogP contribution >= 0.6 is 0 Å². The van der Waals surface area contributed by atoms with Gasteiger partial charge in [0.1, 0.15) is 6.04 Å². The Balaban J connectivity index is 1.85. The maximum Gasteiger partial charge on any atom is 0.326 e. The molecule has 3 N–H and O–H groups in total. The van der Waals surface area contributed by atoms with Crippen LogP contribution in [0.25, 0.3) is 0 Å². The van der Waals surface area contributed by atoms with E-state index in [1.165, 1.54) is 4.90 Å². The van der Waals surface area contributed by atoms with Gasteiger partial charge < -0.3 is 15.7 Å². The first-order chi connectivity index (χ1) is 10.1. The highest BCUT2D eigenvalue weighted by molar-refractivity contribution is 5.86. The summed E-state index contributed by atoms with van der Waals surface area (Å²) in [6.45, 7) is 0.387. The second-order valence-corrected chi connectivity index (χ2v) is 6.06. The molecule has 1 amide bonds. The molecule has 0 radical (unpaired) electrons. The second-order valence-electron chi connectivity index (χ2n) is 6.06. The fourth-order valence-corrected chi connectivity index (χ4v) is 3.45. The summed E-state index contributed by atoms with van der Waals surface area (Å²) in [4.78, 5) is 25.8. The van der Waals surface area contributed by atoms with Crippen molar-refractivity contribution >= 4 is 11.9 Å². The Hall–Kier alpha value is -1.88. The third kappa shape index (κ3) is 2.65. The van der Waals surface area contributed by atoms with E-state index in [9.17, 15) is 14.7 Å². The molecule has 1 aromatic rings. The first kappa shape index (κ1) is 14.1. The molecule has 3 atom stereocenters. The molecule has 0 aromatic heterocycles. The van der Waals surface area contributed by atoms with Crippen LogP contribution in [0.4, 0.5) is 0 Å². The molecule has 1 aromatic carbocycles. The number of fused-ring (bicyclic) bond motifs is 1. The molecular formula is C16H20N2O3. The van der Waals surface area contributed by atoms with Gasteiger partial charge in [-0.05, 0) is 30.4 Å². The summed E-state index contributed by atoms with van der Waals surface area (Å²) >= 11 is 0. The highest BCUT2D eigenvalue weighted by Gasteiger charge is 2.39. The lowest BCUT2D eigenvalue weighted by Crippen LogP contribution is -2.50. The van der Waals surface area contributed by atoms with Crippen LogP contribution in [0, 0.1) is 5.92 Å². The molecule has 1 aliphatic heterocycles. The van der Waals surface area contributed by atoms with Crippen molar-refractivity contribution < 1.29 is 14.7 Å². The standard InChI is InChI=1S/C16H20N2O3/c17-13-6-5-11(7-13)15(19)18-9-12-4-2-1-3-10(12)8-14(18)16(20)21/h1-4,11,13-14H,5-9,17H2,(H,20,21)/t11?,13?,14-/m0/s1. The summed E-state index contributed by atoms with van der Waals surface area (Å²) in [5, 5.41) is 9.46. The summed E-state index contributed by atoms with van der Waals surface area (Å²) in [5.41, 5.74) is 7.95. The number of aliphatic carboxylic acids is 1. The molecule has 2 aliphatic rings. The normalized spacial score (nSPS) is 28.2. The molecule has 21 heavy (non-hydrogen) atoms. The van der Waals surface area contributed by atoms with Gasteiger partial charge in [0, 0.05) is 24.9 Å². The lowest BCUT2D eigenvalue weighted by atomic mass is 9.92. The number of hydrogen-bond acceptors (Lipinski definition) is 3. The maximum absolute atomic E-state index is 12.7. The van der Waals surface area contributed by atoms with Gasteiger partial charge in [-0.1, -0.05) is 24.3 Å². The summed E-state index contributed by atoms with van der Waals surface area (Å²) in [6.07, 6.45) is 2.67. The Morgan fingerprint density at radius 3 is 2.52 bits per heavy atom. The largest absolute Gasteiger partial charge is 0.480 e. The third-order valence-electron chi connectivity index (χ3n) is 4.64. The molecule has 1 aliphatic carbocycles. The van der Waals surface area contributed by atoms with E-state index < -0.39 is 12.0 Å². The van der Waals surface area contributed by atoms with E-state index in [4.69, 9.17) is 5.73 Å². The van der Waals surface area contributed by atoms with Crippen LogP contribution < -0.4 is 5.73 Å². The molecule has 5 heteroatoms. The minimum Gasteiger partial charge on any atom is -0.480 e. The first-order valence-electron chi connectivity index (χ1n) is 7.42. The number of amides is 1. The zero-order valence-electron chi connectivity index (χ0n) is 11.9. The molecule has 112 valence electrons. The van der Waals surface area contributed by atoms with E-state index in [-0.39, 0.29) is 17.9 Å². The first-order valence-corrected chi connectivity index (χ1v) is 7.42. The molecule has 1 heterocycles. The number of carbonyl (C=O) groups excluding carboxylic acids is 1. The highest BCUT2D eigenvalue weighted by Crippen LogP contribution is 2.30. The van der Waals surface area contributed by atoms with Crippen molar-refractivity contribution in [3.8, 4) is 0 Å². The number of rotatable bonds is 2. The fraction of sp³-hybridized carbons (Fsp3) is 0.500. The molecule has 1 fully saturated rings. The zero-order valence-corrected chi connectivity index (χ0v) is 11.9. The molecule has 5 nitrogen and oxygen atoms in total. The van der Waals surface area contributed by atoms with E-state index >= 15 is 0 Å². The van der Waals surface area contributed by atoms with Gasteiger partial charge >= 0.3 is 5.97 Å². The fourth-order valence-electron chi connectivity index (χ4n) is 3.45. The number of nitrogens with two attached hydrogens (primary N) is 1. The number of carboxylic acids is 1. The van der Waals surface area contributed by atoms with Crippen molar-refractivity contribution in [2.24, 2.45) is 11.7 Å². The Kier molecular flexibility index (Phi) is 3.68. The van der Waals surface area contributed by atoms with Crippen molar-refractivity contribution in [1.29, 1.82) is 0 Å². The number of carbonyl (C=O) groups is 2. The van der Waals surface area contributed by atoms with Gasteiger partial charge in [-0.25, -0.2) is 4.79 Å². The van der Waals surface area contributed by atoms with E-state index in [0.717, 1.165) is 24.0 Å². The maximum atomic E-state index is 12.7. The van der Waals surface area contributed by atoms with Gasteiger partial charge in [0.25, 0.3) is 0 Å². The van der Waals surface area contributed by atoms with Crippen molar-refractivity contribution in [1.82, 2.24) is 4.90 Å². The SMILES string of the molecule is NC1CCC(C(=O)N2Cc3ccccc3C[C@H]2C(=O)O)C1. The number of benzene rings is 1. The number of hydrogen-bond donors (Lipinski definition) is 2. The van der Waals surface area contributed by atoms with Crippen LogP contribution in [0.15, 0.2) is 24.3 Å². The van der Waals surface area contributed by atoms with E-state index in [2.05, 4.69) is 0 Å². The Morgan fingerprint density at radius 2 is 1.90 bits per heavy atom. The second kappa shape index (κ2) is 5.48. The lowest BCUT2D eigenvalue weighted by molar-refractivity contribution is -0.153. The minimum atomic E-state index is -0.930. The monoisotopic (exact) mass is 288 g/mol. The summed E-state index contributed by atoms with van der Waals surface area (Å²) < 4.78 is 0. The van der Waals surface area contributed by atoms with Crippen molar-refractivity contribution in [3.05, 3.63) is 35.4 Å². The molecule has 0 spiro atoms. The van der Waals surface area contributed by atoms with Crippen molar-refractivity contribution in [2.45, 2.75) is 44.3 Å². The molecule has 0 bridgehead atoms. The molecular weight excluding hydrogens is 268 g/mol. The van der Waals surface area contributed by atoms with Crippen LogP contribution in [-0.4, -0.2) is 34.0 Å². The van der Waals surface area contributed by atoms with Gasteiger partial charge in [0.05, 0.1) is 0 Å². The molecule has 2 unspecified atom stereocenters. The Morgan fingerprint density at radius 1 is 1.19 bits per heavy atom. The van der Waals surface area contributed by atoms with Gasteiger partial charge in [0.15, 0.2) is 0 Å². The summed E-state index contributed by atoms with van der Waals surface area (Å²) in [5.74, 6) is -1.10. The Labute approximate surface area is 123 Å². The van der Waals surface area contributed by atoms with Gasteiger partial charge in [-0.3, -0.25) is 4.79 Å². The zero-order chi connectivity index (χ0) is 15.0. The number of nitrogens with zero attached hydrogens (tertiary/aromatic N) is 1. The quantitative estimate of drug-likeness (QED) is 0.855. The van der Waals surface area contributed by atoms with E-state index in [0.29, 0.717) is 19.4 Å². The smallest absolute Gasteiger partial charge is 0.326 e. The minimum absolute atomic E-state index is 0.0511. The van der Waals surface area contributed by atoms with Crippen LogP contribution in [0.2, 0.25) is 0 Å². The van der Waals surface area contributed by atoms with Crippen LogP contribution in [0.3, 0.4) is 0 Å². The van der Waals surface area contributed by atoms with Crippen LogP contribution in [-0.2, 0) is 22.6 Å². The predicted octanol–water partition coefficient (Wildman–Crippen LogP) is 1.15. The third-order valence-corrected chi connectivity index (χ3v) is 4.64. The topological polar surface area (TPSA) is 83.6 Å². The van der Waals surface area contributed by atoms with Crippen molar-refractivity contribution in [2.75, 3.05) is 0 Å². The molecule has 1 saturated carbocycles. The predicted molar refractivity (Wildman–Crippen MR) is 77.4 cm³/mol. The van der Waals surface area contributed by atoms with E-state index in [1.807, 2.05) is 24.3 Å².